The fraction of sp³-hybridized carbons (Fsp3) is 0.176. The number of nitrogens with zero attached hydrogens (tertiary/aromatic N) is 5. The van der Waals surface area contributed by atoms with Crippen LogP contribution in [-0.4, -0.2) is 38.7 Å². The number of carbonyl (C=O) groups excluding carboxylic acids is 1. The van der Waals surface area contributed by atoms with Gasteiger partial charge in [-0.1, -0.05) is 12.1 Å². The van der Waals surface area contributed by atoms with E-state index in [0.717, 1.165) is 5.82 Å². The maximum Gasteiger partial charge on any atom is 0.231 e. The van der Waals surface area contributed by atoms with Crippen LogP contribution in [0.5, 0.6) is 0 Å². The predicted molar refractivity (Wildman–Crippen MR) is 89.9 cm³/mol. The lowest BCUT2D eigenvalue weighted by Gasteiger charge is -2.39. The third-order valence-electron chi connectivity index (χ3n) is 4.09. The maximum absolute atomic E-state index is 13.6. The summed E-state index contributed by atoms with van der Waals surface area (Å²) in [5.41, 5.74) is 0.203. The van der Waals surface area contributed by atoms with Crippen LogP contribution in [0.3, 0.4) is 0 Å². The second-order valence-electron chi connectivity index (χ2n) is 5.76. The molecular formula is C17H15FN6O. The average Bonchev–Trinajstić information content (AvgIpc) is 3.10. The van der Waals surface area contributed by atoms with Crippen LogP contribution in [0, 0.1) is 11.7 Å². The molecular weight excluding hydrogens is 323 g/mol. The number of amides is 1. The zero-order chi connectivity index (χ0) is 17.2. The molecule has 0 bridgehead atoms. The monoisotopic (exact) mass is 338 g/mol. The first-order valence-electron chi connectivity index (χ1n) is 7.83. The zero-order valence-electron chi connectivity index (χ0n) is 13.2. The van der Waals surface area contributed by atoms with Gasteiger partial charge in [-0.3, -0.25) is 4.79 Å². The fourth-order valence-corrected chi connectivity index (χ4v) is 2.67. The Labute approximate surface area is 143 Å². The maximum atomic E-state index is 13.6. The van der Waals surface area contributed by atoms with Crippen LogP contribution in [-0.2, 0) is 4.79 Å². The molecule has 1 saturated heterocycles. The largest absolute Gasteiger partial charge is 0.355 e. The summed E-state index contributed by atoms with van der Waals surface area (Å²) in [6.07, 6.45) is 4.94. The molecule has 1 N–H and O–H groups in total. The van der Waals surface area contributed by atoms with Gasteiger partial charge in [-0.05, 0) is 18.2 Å². The van der Waals surface area contributed by atoms with Crippen molar-refractivity contribution >= 4 is 17.4 Å². The van der Waals surface area contributed by atoms with Gasteiger partial charge in [0.2, 0.25) is 5.91 Å². The van der Waals surface area contributed by atoms with Gasteiger partial charge in [0, 0.05) is 31.5 Å². The van der Waals surface area contributed by atoms with Crippen LogP contribution < -0.4 is 10.2 Å². The normalized spacial score (nSPS) is 14.2. The number of benzene rings is 1. The molecule has 0 atom stereocenters. The van der Waals surface area contributed by atoms with Crippen molar-refractivity contribution in [2.24, 2.45) is 5.92 Å². The summed E-state index contributed by atoms with van der Waals surface area (Å²) in [5.74, 6) is 0.557. The molecule has 1 aromatic carbocycles. The molecule has 0 spiro atoms. The van der Waals surface area contributed by atoms with Crippen LogP contribution in [0.2, 0.25) is 0 Å². The lowest BCUT2D eigenvalue weighted by Crippen LogP contribution is -2.52. The van der Waals surface area contributed by atoms with Crippen molar-refractivity contribution in [1.29, 1.82) is 0 Å². The van der Waals surface area contributed by atoms with Crippen LogP contribution in [0.4, 0.5) is 15.9 Å². The minimum atomic E-state index is -0.438. The quantitative estimate of drug-likeness (QED) is 0.786. The predicted octanol–water partition coefficient (Wildman–Crippen LogP) is 1.88. The first kappa shape index (κ1) is 15.3. The van der Waals surface area contributed by atoms with Gasteiger partial charge < -0.3 is 10.2 Å². The number of aromatic nitrogens is 4. The Morgan fingerprint density at radius 3 is 2.72 bits per heavy atom. The lowest BCUT2D eigenvalue weighted by molar-refractivity contribution is -0.120. The molecule has 3 heterocycles. The second-order valence-corrected chi connectivity index (χ2v) is 5.76. The minimum absolute atomic E-state index is 0.192. The van der Waals surface area contributed by atoms with Gasteiger partial charge in [0.15, 0.2) is 5.82 Å². The van der Waals surface area contributed by atoms with Crippen molar-refractivity contribution in [2.75, 3.05) is 23.3 Å². The number of para-hydroxylation sites is 1. The molecule has 126 valence electrons. The number of rotatable bonds is 4. The molecule has 3 aromatic rings. The topological polar surface area (TPSA) is 75.9 Å². The minimum Gasteiger partial charge on any atom is -0.355 e. The summed E-state index contributed by atoms with van der Waals surface area (Å²) >= 11 is 0. The highest BCUT2D eigenvalue weighted by Gasteiger charge is 2.34. The number of hydrogen-bond donors (Lipinski definition) is 1. The summed E-state index contributed by atoms with van der Waals surface area (Å²) in [6, 6.07) is 9.77. The Balaban J connectivity index is 1.40. The van der Waals surface area contributed by atoms with Gasteiger partial charge in [-0.2, -0.15) is 5.10 Å². The Kier molecular flexibility index (Phi) is 3.85. The van der Waals surface area contributed by atoms with Gasteiger partial charge >= 0.3 is 0 Å². The highest BCUT2D eigenvalue weighted by Crippen LogP contribution is 2.25. The molecule has 1 aliphatic rings. The molecule has 0 saturated carbocycles. The molecule has 8 heteroatoms. The van der Waals surface area contributed by atoms with Gasteiger partial charge in [0.05, 0.1) is 11.6 Å². The van der Waals surface area contributed by atoms with Crippen LogP contribution in [0.1, 0.15) is 0 Å². The molecule has 1 amide bonds. The van der Waals surface area contributed by atoms with Crippen LogP contribution in [0.15, 0.2) is 55.1 Å². The van der Waals surface area contributed by atoms with Gasteiger partial charge in [-0.15, -0.1) is 0 Å². The van der Waals surface area contributed by atoms with E-state index in [1.807, 2.05) is 17.0 Å². The molecule has 4 rings (SSSR count). The lowest BCUT2D eigenvalue weighted by atomic mass is 9.99. The van der Waals surface area contributed by atoms with E-state index < -0.39 is 5.82 Å². The Morgan fingerprint density at radius 2 is 1.96 bits per heavy atom. The van der Waals surface area contributed by atoms with E-state index in [1.54, 1.807) is 35.3 Å². The van der Waals surface area contributed by atoms with Crippen molar-refractivity contribution in [3.63, 3.8) is 0 Å². The summed E-state index contributed by atoms with van der Waals surface area (Å²) < 4.78 is 15.3. The Hall–Kier alpha value is -3.29. The van der Waals surface area contributed by atoms with E-state index in [1.165, 1.54) is 12.4 Å². The molecule has 0 aliphatic carbocycles. The van der Waals surface area contributed by atoms with E-state index in [9.17, 15) is 9.18 Å². The fourth-order valence-electron chi connectivity index (χ4n) is 2.67. The van der Waals surface area contributed by atoms with Gasteiger partial charge in [-0.25, -0.2) is 19.0 Å². The van der Waals surface area contributed by atoms with E-state index in [2.05, 4.69) is 20.4 Å². The summed E-state index contributed by atoms with van der Waals surface area (Å²) in [7, 11) is 0. The number of anilines is 2. The highest BCUT2D eigenvalue weighted by molar-refractivity contribution is 5.94. The highest BCUT2D eigenvalue weighted by atomic mass is 19.1. The molecule has 1 aliphatic heterocycles. The first-order valence-corrected chi connectivity index (χ1v) is 7.83. The standard InChI is InChI=1S/C17H15FN6O/c18-13-4-1-2-5-14(13)22-17(25)12-9-23(10-12)15-8-16(20-11-19-15)24-7-3-6-21-24/h1-8,11-12H,9-10H2,(H,22,25). The van der Waals surface area contributed by atoms with Gasteiger partial charge in [0.25, 0.3) is 0 Å². The van der Waals surface area contributed by atoms with Crippen molar-refractivity contribution in [3.05, 3.63) is 60.9 Å². The van der Waals surface area contributed by atoms with E-state index >= 15 is 0 Å². The Morgan fingerprint density at radius 1 is 1.16 bits per heavy atom. The summed E-state index contributed by atoms with van der Waals surface area (Å²) in [5, 5.41) is 6.77. The average molecular weight is 338 g/mol. The first-order chi connectivity index (χ1) is 12.2. The van der Waals surface area contributed by atoms with E-state index in [-0.39, 0.29) is 17.5 Å². The number of carbonyl (C=O) groups is 1. The molecule has 0 radical (unpaired) electrons. The molecule has 1 fully saturated rings. The molecule has 2 aromatic heterocycles. The van der Waals surface area contributed by atoms with Crippen LogP contribution >= 0.6 is 0 Å². The SMILES string of the molecule is O=C(Nc1ccccc1F)C1CN(c2cc(-n3cccn3)ncn2)C1. The van der Waals surface area contributed by atoms with E-state index in [0.29, 0.717) is 18.9 Å². The van der Waals surface area contributed by atoms with E-state index in [4.69, 9.17) is 0 Å². The van der Waals surface area contributed by atoms with Gasteiger partial charge in [0.1, 0.15) is 18.0 Å². The molecule has 0 unspecified atom stereocenters. The van der Waals surface area contributed by atoms with Crippen LogP contribution in [0.25, 0.3) is 5.82 Å². The molecule has 25 heavy (non-hydrogen) atoms. The number of halogens is 1. The van der Waals surface area contributed by atoms with Crippen molar-refractivity contribution < 1.29 is 9.18 Å². The smallest absolute Gasteiger partial charge is 0.231 e. The van der Waals surface area contributed by atoms with Crippen molar-refractivity contribution in [3.8, 4) is 5.82 Å². The zero-order valence-corrected chi connectivity index (χ0v) is 13.2. The van der Waals surface area contributed by atoms with Crippen molar-refractivity contribution in [1.82, 2.24) is 19.7 Å². The third kappa shape index (κ3) is 3.06. The second kappa shape index (κ2) is 6.31. The summed E-state index contributed by atoms with van der Waals surface area (Å²) in [4.78, 5) is 22.6. The number of nitrogens with one attached hydrogen (secondary N) is 1. The summed E-state index contributed by atoms with van der Waals surface area (Å²) in [6.45, 7) is 1.05. The third-order valence-corrected chi connectivity index (χ3v) is 4.09. The molecule has 7 nitrogen and oxygen atoms in total. The van der Waals surface area contributed by atoms with Crippen molar-refractivity contribution in [2.45, 2.75) is 0 Å². The number of hydrogen-bond acceptors (Lipinski definition) is 5. The Bertz CT molecular complexity index is 892.